The predicted molar refractivity (Wildman–Crippen MR) is 61.7 cm³/mol. The Kier molecular flexibility index (Phi) is 1.86. The van der Waals surface area contributed by atoms with E-state index in [1.807, 2.05) is 0 Å². The summed E-state index contributed by atoms with van der Waals surface area (Å²) in [7, 11) is -1.93. The first kappa shape index (κ1) is 4.66. The Bertz CT molecular complexity index is 606. The second-order valence-electron chi connectivity index (χ2n) is 2.52. The Balaban J connectivity index is 3.29. The summed E-state index contributed by atoms with van der Waals surface area (Å²) in [6, 6.07) is 3.26. The number of ether oxygens (including phenoxy) is 1. The molecule has 1 rings (SSSR count). The third-order valence-corrected chi connectivity index (χ3v) is 1.84. The highest BCUT2D eigenvalue weighted by molar-refractivity contribution is 6.58. The topological polar surface area (TPSA) is 49.7 Å². The van der Waals surface area contributed by atoms with E-state index in [4.69, 9.17) is 38.7 Å². The molecule has 0 aliphatic heterocycles. The van der Waals surface area contributed by atoms with Crippen LogP contribution >= 0.6 is 11.6 Å². The molecule has 82 valence electrons. The molecule has 0 bridgehead atoms. The van der Waals surface area contributed by atoms with Gasteiger partial charge in [-0.3, -0.25) is 0 Å². The first-order valence-corrected chi connectivity index (χ1v) is 4.27. The molecular formula is C10H14BClO3. The standard InChI is InChI=1S/C10H14BClO3/c1-2-3-6-15-10-7-8(11(13)14)4-5-9(10)12/h4-5,7,13-14H,2-3,6H2,1H3/i1D3,2D2,3D2,6D2. The van der Waals surface area contributed by atoms with Crippen LogP contribution in [0.1, 0.15) is 31.9 Å². The van der Waals surface area contributed by atoms with Gasteiger partial charge in [0.15, 0.2) is 0 Å². The molecule has 0 amide bonds. The van der Waals surface area contributed by atoms with Crippen LogP contribution in [0.15, 0.2) is 18.2 Å². The normalized spacial score (nSPS) is 22.7. The van der Waals surface area contributed by atoms with Crippen LogP contribution in [0, 0.1) is 0 Å². The number of rotatable bonds is 5. The van der Waals surface area contributed by atoms with Crippen molar-refractivity contribution in [2.75, 3.05) is 6.56 Å². The van der Waals surface area contributed by atoms with Gasteiger partial charge in [0.05, 0.1) is 14.3 Å². The van der Waals surface area contributed by atoms with E-state index in [0.29, 0.717) is 0 Å². The second kappa shape index (κ2) is 6.00. The number of hydrogen-bond donors (Lipinski definition) is 2. The van der Waals surface area contributed by atoms with Crippen LogP contribution in [0.4, 0.5) is 0 Å². The minimum absolute atomic E-state index is 0.135. The van der Waals surface area contributed by atoms with Crippen molar-refractivity contribution in [3.63, 3.8) is 0 Å². The van der Waals surface area contributed by atoms with Gasteiger partial charge in [0.1, 0.15) is 5.75 Å². The third-order valence-electron chi connectivity index (χ3n) is 1.53. The van der Waals surface area contributed by atoms with Crippen molar-refractivity contribution in [2.45, 2.75) is 19.6 Å². The molecule has 0 radical (unpaired) electrons. The van der Waals surface area contributed by atoms with Crippen LogP contribution in [0.25, 0.3) is 0 Å². The Morgan fingerprint density at radius 3 is 3.07 bits per heavy atom. The molecule has 1 aromatic rings. The molecule has 0 fully saturated rings. The lowest BCUT2D eigenvalue weighted by Crippen LogP contribution is -2.29. The summed E-state index contributed by atoms with van der Waals surface area (Å²) in [6.07, 6.45) is -7.17. The Morgan fingerprint density at radius 1 is 1.60 bits per heavy atom. The first-order valence-electron chi connectivity index (χ1n) is 8.39. The van der Waals surface area contributed by atoms with Gasteiger partial charge in [0.2, 0.25) is 0 Å². The molecular weight excluding hydrogens is 214 g/mol. The summed E-state index contributed by atoms with van der Waals surface area (Å²) in [5.74, 6) is -0.502. The molecule has 0 heterocycles. The molecule has 5 heteroatoms. The minimum atomic E-state index is -3.59. The molecule has 0 unspecified atom stereocenters. The maximum atomic E-state index is 9.09. The molecule has 0 aliphatic carbocycles. The van der Waals surface area contributed by atoms with Gasteiger partial charge in [-0.25, -0.2) is 0 Å². The van der Waals surface area contributed by atoms with Crippen LogP contribution < -0.4 is 10.2 Å². The molecule has 0 aromatic heterocycles. The monoisotopic (exact) mass is 237 g/mol. The van der Waals surface area contributed by atoms with Crippen LogP contribution in [0.3, 0.4) is 0 Å². The first-order chi connectivity index (χ1) is 10.5. The fraction of sp³-hybridized carbons (Fsp3) is 0.400. The zero-order chi connectivity index (χ0) is 19.1. The van der Waals surface area contributed by atoms with Crippen molar-refractivity contribution >= 4 is 24.2 Å². The summed E-state index contributed by atoms with van der Waals surface area (Å²) < 4.78 is 71.6. The molecule has 3 nitrogen and oxygen atoms in total. The molecule has 15 heavy (non-hydrogen) atoms. The highest BCUT2D eigenvalue weighted by atomic mass is 35.5. The number of halogens is 1. The van der Waals surface area contributed by atoms with E-state index in [-0.39, 0.29) is 10.5 Å². The molecule has 1 aromatic carbocycles. The lowest BCUT2D eigenvalue weighted by Gasteiger charge is -2.09. The quantitative estimate of drug-likeness (QED) is 0.757. The van der Waals surface area contributed by atoms with Crippen molar-refractivity contribution in [1.82, 2.24) is 0 Å². The highest BCUT2D eigenvalue weighted by Gasteiger charge is 2.13. The summed E-state index contributed by atoms with van der Waals surface area (Å²) in [5.41, 5.74) is -0.135. The third kappa shape index (κ3) is 3.74. The number of hydrogen-bond acceptors (Lipinski definition) is 3. The Labute approximate surface area is 107 Å². The maximum absolute atomic E-state index is 9.09. The van der Waals surface area contributed by atoms with Crippen molar-refractivity contribution < 1.29 is 27.1 Å². The fourth-order valence-corrected chi connectivity index (χ4v) is 1.02. The molecule has 0 saturated carbocycles. The van der Waals surface area contributed by atoms with Crippen LogP contribution in [-0.2, 0) is 0 Å². The Hall–Kier alpha value is -0.705. The Morgan fingerprint density at radius 2 is 2.40 bits per heavy atom. The van der Waals surface area contributed by atoms with E-state index in [9.17, 15) is 0 Å². The zero-order valence-corrected chi connectivity index (χ0v) is 8.25. The van der Waals surface area contributed by atoms with E-state index in [1.54, 1.807) is 0 Å². The van der Waals surface area contributed by atoms with Crippen LogP contribution in [0.2, 0.25) is 5.02 Å². The molecule has 0 saturated heterocycles. The lowest BCUT2D eigenvalue weighted by molar-refractivity contribution is 0.309. The second-order valence-corrected chi connectivity index (χ2v) is 2.92. The van der Waals surface area contributed by atoms with Crippen molar-refractivity contribution in [3.05, 3.63) is 23.2 Å². The van der Waals surface area contributed by atoms with Crippen molar-refractivity contribution in [3.8, 4) is 5.75 Å². The van der Waals surface area contributed by atoms with E-state index in [1.165, 1.54) is 6.07 Å². The average molecular weight is 238 g/mol. The molecule has 0 spiro atoms. The van der Waals surface area contributed by atoms with Gasteiger partial charge >= 0.3 is 7.12 Å². The van der Waals surface area contributed by atoms with Gasteiger partial charge in [0.25, 0.3) is 0 Å². The highest BCUT2D eigenvalue weighted by Crippen LogP contribution is 2.22. The van der Waals surface area contributed by atoms with Crippen molar-refractivity contribution in [1.29, 1.82) is 0 Å². The maximum Gasteiger partial charge on any atom is 0.488 e. The van der Waals surface area contributed by atoms with Gasteiger partial charge in [-0.1, -0.05) is 30.9 Å². The summed E-state index contributed by atoms with van der Waals surface area (Å²) >= 11 is 5.78. The van der Waals surface area contributed by atoms with Gasteiger partial charge in [-0.05, 0) is 24.0 Å². The fourth-order valence-electron chi connectivity index (χ4n) is 0.865. The lowest BCUT2D eigenvalue weighted by atomic mass is 9.80. The van der Waals surface area contributed by atoms with E-state index in [0.717, 1.165) is 12.1 Å². The predicted octanol–water partition coefficient (Wildman–Crippen LogP) is 1.20. The molecule has 2 N–H and O–H groups in total. The zero-order valence-electron chi connectivity index (χ0n) is 16.5. The number of benzene rings is 1. The van der Waals surface area contributed by atoms with Crippen LogP contribution in [0.5, 0.6) is 5.75 Å². The van der Waals surface area contributed by atoms with E-state index < -0.39 is 39.0 Å². The largest absolute Gasteiger partial charge is 0.492 e. The van der Waals surface area contributed by atoms with E-state index >= 15 is 0 Å². The van der Waals surface area contributed by atoms with Crippen molar-refractivity contribution in [2.24, 2.45) is 0 Å². The minimum Gasteiger partial charge on any atom is -0.492 e. The van der Waals surface area contributed by atoms with Gasteiger partial charge in [-0.15, -0.1) is 0 Å². The van der Waals surface area contributed by atoms with E-state index in [2.05, 4.69) is 0 Å². The molecule has 0 aliphatic rings. The smallest absolute Gasteiger partial charge is 0.488 e. The van der Waals surface area contributed by atoms with Gasteiger partial charge in [-0.2, -0.15) is 0 Å². The SMILES string of the molecule is [2H]C([2H])([2H])C([2H])([2H])C([2H])([2H])C([2H])([2H])Oc1cc(B(O)O)ccc1Cl. The van der Waals surface area contributed by atoms with Gasteiger partial charge in [0, 0.05) is 9.60 Å². The average Bonchev–Trinajstić information content (AvgIpc) is 2.39. The summed E-state index contributed by atoms with van der Waals surface area (Å²) in [5, 5.41) is 18.0. The van der Waals surface area contributed by atoms with Crippen LogP contribution in [-0.4, -0.2) is 23.7 Å². The molecule has 0 atom stereocenters. The van der Waals surface area contributed by atoms with Gasteiger partial charge < -0.3 is 14.8 Å². The summed E-state index contributed by atoms with van der Waals surface area (Å²) in [6.45, 7) is -6.90. The summed E-state index contributed by atoms with van der Waals surface area (Å²) in [4.78, 5) is 0.